The van der Waals surface area contributed by atoms with Crippen LogP contribution < -0.4 is 0 Å². The van der Waals surface area contributed by atoms with Crippen molar-refractivity contribution in [3.05, 3.63) is 74.9 Å². The van der Waals surface area contributed by atoms with Crippen molar-refractivity contribution >= 4 is 23.3 Å². The molecule has 8 nitrogen and oxygen atoms in total. The summed E-state index contributed by atoms with van der Waals surface area (Å²) in [6.45, 7) is 1.49. The molecule has 0 spiro atoms. The molecule has 0 aliphatic carbocycles. The summed E-state index contributed by atoms with van der Waals surface area (Å²) in [5.41, 5.74) is 0.0433. The fourth-order valence-electron chi connectivity index (χ4n) is 2.17. The van der Waals surface area contributed by atoms with Gasteiger partial charge in [0.2, 0.25) is 5.89 Å². The smallest absolute Gasteiger partial charge is 0.340 e. The van der Waals surface area contributed by atoms with Crippen LogP contribution in [0.1, 0.15) is 29.3 Å². The molecule has 10 heteroatoms. The van der Waals surface area contributed by atoms with Crippen LogP contribution in [-0.2, 0) is 4.74 Å². The molecule has 3 aromatic rings. The summed E-state index contributed by atoms with van der Waals surface area (Å²) in [6.07, 6.45) is -0.936. The summed E-state index contributed by atoms with van der Waals surface area (Å²) in [5.74, 6) is -1.15. The monoisotopic (exact) mass is 391 g/mol. The van der Waals surface area contributed by atoms with Gasteiger partial charge in [-0.3, -0.25) is 10.1 Å². The largest absolute Gasteiger partial charge is 0.449 e. The predicted octanol–water partition coefficient (Wildman–Crippen LogP) is 4.36. The average molecular weight is 392 g/mol. The van der Waals surface area contributed by atoms with Crippen LogP contribution in [0.4, 0.5) is 10.1 Å². The number of esters is 1. The zero-order chi connectivity index (χ0) is 19.6. The topological polar surface area (TPSA) is 108 Å². The lowest BCUT2D eigenvalue weighted by Gasteiger charge is -2.10. The van der Waals surface area contributed by atoms with Crippen LogP contribution in [0.15, 0.2) is 46.9 Å². The summed E-state index contributed by atoms with van der Waals surface area (Å²) in [5, 5.41) is 18.5. The van der Waals surface area contributed by atoms with Gasteiger partial charge in [0, 0.05) is 17.7 Å². The minimum absolute atomic E-state index is 0.00392. The highest BCUT2D eigenvalue weighted by Crippen LogP contribution is 2.26. The quantitative estimate of drug-likeness (QED) is 0.361. The van der Waals surface area contributed by atoms with Crippen LogP contribution in [0.5, 0.6) is 0 Å². The van der Waals surface area contributed by atoms with E-state index < -0.39 is 22.8 Å². The van der Waals surface area contributed by atoms with Gasteiger partial charge in [-0.05, 0) is 37.3 Å². The van der Waals surface area contributed by atoms with E-state index in [0.717, 1.165) is 6.07 Å². The number of halogens is 2. The Morgan fingerprint density at radius 1 is 1.26 bits per heavy atom. The first-order valence-corrected chi connectivity index (χ1v) is 7.97. The second-order valence-electron chi connectivity index (χ2n) is 5.42. The van der Waals surface area contributed by atoms with Crippen molar-refractivity contribution < 1.29 is 23.3 Å². The summed E-state index contributed by atoms with van der Waals surface area (Å²) >= 11 is 5.92. The Bertz CT molecular complexity index is 1010. The molecule has 1 heterocycles. The molecular formula is C17H11ClFN3O5. The number of nitrogens with zero attached hydrogens (tertiary/aromatic N) is 3. The van der Waals surface area contributed by atoms with Crippen molar-refractivity contribution in [3.63, 3.8) is 0 Å². The normalized spacial score (nSPS) is 11.8. The van der Waals surface area contributed by atoms with Crippen molar-refractivity contribution in [1.29, 1.82) is 0 Å². The Kier molecular flexibility index (Phi) is 5.13. The van der Waals surface area contributed by atoms with Crippen LogP contribution in [0.25, 0.3) is 11.5 Å². The maximum atomic E-state index is 13.0. The number of nitro groups is 1. The van der Waals surface area contributed by atoms with E-state index in [4.69, 9.17) is 20.8 Å². The first-order valence-electron chi connectivity index (χ1n) is 7.59. The van der Waals surface area contributed by atoms with Gasteiger partial charge < -0.3 is 9.15 Å². The number of carbonyl (C=O) groups excluding carboxylic acids is 1. The number of rotatable bonds is 5. The molecular weight excluding hydrogens is 381 g/mol. The van der Waals surface area contributed by atoms with Crippen LogP contribution in [0.2, 0.25) is 5.02 Å². The maximum absolute atomic E-state index is 13.0. The van der Waals surface area contributed by atoms with Gasteiger partial charge >= 0.3 is 5.97 Å². The number of aromatic nitrogens is 2. The van der Waals surface area contributed by atoms with Crippen molar-refractivity contribution in [2.24, 2.45) is 0 Å². The molecule has 3 rings (SSSR count). The Hall–Kier alpha value is -3.33. The van der Waals surface area contributed by atoms with Gasteiger partial charge in [-0.1, -0.05) is 11.6 Å². The van der Waals surface area contributed by atoms with Gasteiger partial charge in [0.05, 0.1) is 15.5 Å². The van der Waals surface area contributed by atoms with Crippen LogP contribution in [0.3, 0.4) is 0 Å². The van der Waals surface area contributed by atoms with E-state index >= 15 is 0 Å². The van der Waals surface area contributed by atoms with Crippen molar-refractivity contribution in [2.45, 2.75) is 13.0 Å². The second-order valence-corrected chi connectivity index (χ2v) is 5.83. The molecule has 0 amide bonds. The van der Waals surface area contributed by atoms with Gasteiger partial charge in [0.15, 0.2) is 6.10 Å². The molecule has 138 valence electrons. The van der Waals surface area contributed by atoms with Crippen molar-refractivity contribution in [3.8, 4) is 11.5 Å². The summed E-state index contributed by atoms with van der Waals surface area (Å²) in [6, 6.07) is 8.85. The molecule has 0 N–H and O–H groups in total. The molecule has 1 aromatic heterocycles. The third-order valence-electron chi connectivity index (χ3n) is 3.54. The molecule has 27 heavy (non-hydrogen) atoms. The lowest BCUT2D eigenvalue weighted by atomic mass is 10.2. The fourth-order valence-corrected chi connectivity index (χ4v) is 2.36. The molecule has 0 radical (unpaired) electrons. The Balaban J connectivity index is 1.77. The van der Waals surface area contributed by atoms with E-state index in [9.17, 15) is 19.3 Å². The number of carbonyl (C=O) groups is 1. The fraction of sp³-hybridized carbons (Fsp3) is 0.118. The molecule has 0 fully saturated rings. The average Bonchev–Trinajstić information content (AvgIpc) is 3.12. The Morgan fingerprint density at radius 3 is 2.63 bits per heavy atom. The molecule has 0 unspecified atom stereocenters. The number of benzene rings is 2. The third-order valence-corrected chi connectivity index (χ3v) is 3.87. The standard InChI is InChI=1S/C17H11ClFN3O5/c1-9(15-20-21-16(27-15)10-2-4-11(19)5-3-10)26-17(23)13-8-12(22(24)25)6-7-14(13)18/h2-9H,1H3/t9-/m1/s1. The Labute approximate surface area is 156 Å². The summed E-state index contributed by atoms with van der Waals surface area (Å²) < 4.78 is 23.6. The molecule has 0 saturated heterocycles. The zero-order valence-corrected chi connectivity index (χ0v) is 14.5. The highest BCUT2D eigenvalue weighted by Gasteiger charge is 2.23. The lowest BCUT2D eigenvalue weighted by molar-refractivity contribution is -0.384. The van der Waals surface area contributed by atoms with E-state index in [-0.39, 0.29) is 28.1 Å². The maximum Gasteiger partial charge on any atom is 0.340 e. The Morgan fingerprint density at radius 2 is 1.96 bits per heavy atom. The van der Waals surface area contributed by atoms with Crippen molar-refractivity contribution in [2.75, 3.05) is 0 Å². The van der Waals surface area contributed by atoms with Gasteiger partial charge in [-0.15, -0.1) is 10.2 Å². The number of hydrogen-bond acceptors (Lipinski definition) is 7. The third kappa shape index (κ3) is 4.09. The van der Waals surface area contributed by atoms with Crippen molar-refractivity contribution in [1.82, 2.24) is 10.2 Å². The number of hydrogen-bond donors (Lipinski definition) is 0. The first kappa shape index (κ1) is 18.5. The summed E-state index contributed by atoms with van der Waals surface area (Å²) in [4.78, 5) is 22.5. The first-order chi connectivity index (χ1) is 12.8. The second kappa shape index (κ2) is 7.50. The van der Waals surface area contributed by atoms with Gasteiger partial charge in [0.1, 0.15) is 5.82 Å². The molecule has 0 bridgehead atoms. The molecule has 1 atom stereocenters. The molecule has 0 aliphatic rings. The van der Waals surface area contributed by atoms with Crippen LogP contribution in [0, 0.1) is 15.9 Å². The van der Waals surface area contributed by atoms with E-state index in [1.807, 2.05) is 0 Å². The lowest BCUT2D eigenvalue weighted by Crippen LogP contribution is -2.10. The van der Waals surface area contributed by atoms with Gasteiger partial charge in [0.25, 0.3) is 11.6 Å². The zero-order valence-electron chi connectivity index (χ0n) is 13.8. The highest BCUT2D eigenvalue weighted by molar-refractivity contribution is 6.33. The molecule has 0 aliphatic heterocycles. The van der Waals surface area contributed by atoms with Gasteiger partial charge in [-0.2, -0.15) is 0 Å². The van der Waals surface area contributed by atoms with Gasteiger partial charge in [-0.25, -0.2) is 9.18 Å². The predicted molar refractivity (Wildman–Crippen MR) is 91.6 cm³/mol. The van der Waals surface area contributed by atoms with E-state index in [2.05, 4.69) is 10.2 Å². The highest BCUT2D eigenvalue weighted by atomic mass is 35.5. The number of non-ortho nitro benzene ring substituents is 1. The summed E-state index contributed by atoms with van der Waals surface area (Å²) in [7, 11) is 0. The van der Waals surface area contributed by atoms with E-state index in [1.54, 1.807) is 0 Å². The van der Waals surface area contributed by atoms with Crippen LogP contribution >= 0.6 is 11.6 Å². The number of ether oxygens (including phenoxy) is 1. The molecule has 2 aromatic carbocycles. The minimum atomic E-state index is -0.936. The number of nitro benzene ring substituents is 1. The SMILES string of the molecule is C[C@@H](OC(=O)c1cc([N+](=O)[O-])ccc1Cl)c1nnc(-c2ccc(F)cc2)o1. The minimum Gasteiger partial charge on any atom is -0.449 e. The van der Waals surface area contributed by atoms with E-state index in [0.29, 0.717) is 5.56 Å². The molecule has 0 saturated carbocycles. The van der Waals surface area contributed by atoms with Crippen LogP contribution in [-0.4, -0.2) is 21.1 Å². The van der Waals surface area contributed by atoms with E-state index in [1.165, 1.54) is 43.3 Å².